The molecule has 0 aliphatic heterocycles. The summed E-state index contributed by atoms with van der Waals surface area (Å²) in [6.45, 7) is 3.10. The van der Waals surface area contributed by atoms with Crippen molar-refractivity contribution < 1.29 is 28.3 Å². The van der Waals surface area contributed by atoms with E-state index in [1.165, 1.54) is 29.7 Å². The number of amides is 2. The van der Waals surface area contributed by atoms with Gasteiger partial charge in [-0.25, -0.2) is 13.9 Å². The van der Waals surface area contributed by atoms with Crippen molar-refractivity contribution in [3.63, 3.8) is 0 Å². The largest absolute Gasteiger partial charge is 0.379 e. The number of anilines is 1. The summed E-state index contributed by atoms with van der Waals surface area (Å²) in [5.74, 6) is -2.42. The van der Waals surface area contributed by atoms with E-state index in [4.69, 9.17) is 5.21 Å². The first-order valence-electron chi connectivity index (χ1n) is 9.99. The van der Waals surface area contributed by atoms with Crippen molar-refractivity contribution in [2.45, 2.75) is 50.0 Å². The molecule has 168 valence electrons. The zero-order valence-electron chi connectivity index (χ0n) is 17.6. The standard InChI is InChI=1S/C22H28N2O6S/c1-3-4-5-8-16-9-6-7-10-19(16)20(25)23-17-11-13-18(14-12-17)31(29,30)15-22(2,27)21(26)24-28/h6-7,9-14,27-28H,3-5,8,15H2,1-2H3,(H,23,25)(H,24,26). The lowest BCUT2D eigenvalue weighted by Gasteiger charge is -2.20. The lowest BCUT2D eigenvalue weighted by Crippen LogP contribution is -2.48. The van der Waals surface area contributed by atoms with Crippen LogP contribution in [0.15, 0.2) is 53.4 Å². The number of carbonyl (C=O) groups excluding carboxylic acids is 2. The molecule has 2 rings (SSSR count). The van der Waals surface area contributed by atoms with Gasteiger partial charge in [-0.2, -0.15) is 0 Å². The Hall–Kier alpha value is -2.75. The molecule has 0 aromatic heterocycles. The Morgan fingerprint density at radius 2 is 1.68 bits per heavy atom. The Bertz CT molecular complexity index is 1020. The maximum absolute atomic E-state index is 12.7. The average Bonchev–Trinajstić information content (AvgIpc) is 2.73. The molecule has 0 radical (unpaired) electrons. The number of aryl methyl sites for hydroxylation is 1. The molecule has 0 fully saturated rings. The highest BCUT2D eigenvalue weighted by atomic mass is 32.2. The van der Waals surface area contributed by atoms with E-state index in [2.05, 4.69) is 12.2 Å². The fraction of sp³-hybridized carbons (Fsp3) is 0.364. The van der Waals surface area contributed by atoms with Gasteiger partial charge in [0.05, 0.1) is 10.6 Å². The molecule has 1 atom stereocenters. The zero-order chi connectivity index (χ0) is 23.1. The van der Waals surface area contributed by atoms with E-state index in [0.29, 0.717) is 11.3 Å². The van der Waals surface area contributed by atoms with Crippen LogP contribution in [0.25, 0.3) is 0 Å². The number of nitrogens with one attached hydrogen (secondary N) is 2. The fourth-order valence-electron chi connectivity index (χ4n) is 3.11. The van der Waals surface area contributed by atoms with Crippen molar-refractivity contribution in [2.75, 3.05) is 11.1 Å². The molecule has 0 aliphatic carbocycles. The van der Waals surface area contributed by atoms with Gasteiger partial charge in [0.2, 0.25) is 0 Å². The first-order valence-corrected chi connectivity index (χ1v) is 11.6. The normalized spacial score (nSPS) is 13.3. The van der Waals surface area contributed by atoms with E-state index in [1.807, 2.05) is 12.1 Å². The number of carbonyl (C=O) groups is 2. The molecule has 0 aliphatic rings. The third-order valence-corrected chi connectivity index (χ3v) is 6.78. The van der Waals surface area contributed by atoms with Crippen molar-refractivity contribution in [3.05, 3.63) is 59.7 Å². The Balaban J connectivity index is 2.13. The van der Waals surface area contributed by atoms with E-state index < -0.39 is 27.1 Å². The molecular formula is C22H28N2O6S. The Morgan fingerprint density at radius 1 is 1.03 bits per heavy atom. The summed E-state index contributed by atoms with van der Waals surface area (Å²) in [6, 6.07) is 12.8. The summed E-state index contributed by atoms with van der Waals surface area (Å²) in [7, 11) is -4.02. The van der Waals surface area contributed by atoms with E-state index >= 15 is 0 Å². The van der Waals surface area contributed by atoms with Gasteiger partial charge in [0, 0.05) is 11.3 Å². The van der Waals surface area contributed by atoms with Gasteiger partial charge in [0.15, 0.2) is 15.4 Å². The van der Waals surface area contributed by atoms with Crippen molar-refractivity contribution in [3.8, 4) is 0 Å². The van der Waals surface area contributed by atoms with Crippen LogP contribution in [0.5, 0.6) is 0 Å². The predicted octanol–water partition coefficient (Wildman–Crippen LogP) is 2.70. The van der Waals surface area contributed by atoms with Crippen molar-refractivity contribution in [1.82, 2.24) is 5.48 Å². The second kappa shape index (κ2) is 10.5. The second-order valence-electron chi connectivity index (χ2n) is 7.57. The number of benzene rings is 2. The monoisotopic (exact) mass is 448 g/mol. The van der Waals surface area contributed by atoms with Gasteiger partial charge >= 0.3 is 0 Å². The van der Waals surface area contributed by atoms with Gasteiger partial charge < -0.3 is 10.4 Å². The van der Waals surface area contributed by atoms with Crippen LogP contribution >= 0.6 is 0 Å². The number of hydroxylamine groups is 1. The average molecular weight is 449 g/mol. The van der Waals surface area contributed by atoms with Crippen LogP contribution in [0.1, 0.15) is 49.0 Å². The second-order valence-corrected chi connectivity index (χ2v) is 9.56. The van der Waals surface area contributed by atoms with Crippen molar-refractivity contribution >= 4 is 27.3 Å². The number of rotatable bonds is 10. The molecule has 0 bridgehead atoms. The maximum Gasteiger partial charge on any atom is 0.276 e. The minimum atomic E-state index is -4.02. The Morgan fingerprint density at radius 3 is 2.29 bits per heavy atom. The van der Waals surface area contributed by atoms with Gasteiger partial charge in [-0.15, -0.1) is 0 Å². The number of hydrogen-bond acceptors (Lipinski definition) is 6. The molecule has 4 N–H and O–H groups in total. The quantitative estimate of drug-likeness (QED) is 0.251. The summed E-state index contributed by atoms with van der Waals surface area (Å²) in [5, 5.41) is 21.4. The first kappa shape index (κ1) is 24.5. The maximum atomic E-state index is 12.7. The SMILES string of the molecule is CCCCCc1ccccc1C(=O)Nc1ccc(S(=O)(=O)CC(C)(O)C(=O)NO)cc1. The van der Waals surface area contributed by atoms with Gasteiger partial charge in [0.1, 0.15) is 0 Å². The predicted molar refractivity (Wildman–Crippen MR) is 117 cm³/mol. The molecule has 9 heteroatoms. The van der Waals surface area contributed by atoms with Crippen LogP contribution in [0.2, 0.25) is 0 Å². The summed E-state index contributed by atoms with van der Waals surface area (Å²) >= 11 is 0. The molecular weight excluding hydrogens is 420 g/mol. The molecule has 0 saturated heterocycles. The van der Waals surface area contributed by atoms with Crippen LogP contribution in [0.4, 0.5) is 5.69 Å². The van der Waals surface area contributed by atoms with Crippen LogP contribution in [0.3, 0.4) is 0 Å². The summed E-state index contributed by atoms with van der Waals surface area (Å²) in [4.78, 5) is 24.0. The minimum Gasteiger partial charge on any atom is -0.379 e. The lowest BCUT2D eigenvalue weighted by molar-refractivity contribution is -0.144. The van der Waals surface area contributed by atoms with E-state index in [1.54, 1.807) is 12.1 Å². The van der Waals surface area contributed by atoms with Crippen LogP contribution < -0.4 is 10.8 Å². The third-order valence-electron chi connectivity index (χ3n) is 4.84. The highest BCUT2D eigenvalue weighted by Crippen LogP contribution is 2.21. The molecule has 1 unspecified atom stereocenters. The first-order chi connectivity index (χ1) is 14.6. The summed E-state index contributed by atoms with van der Waals surface area (Å²) in [6.07, 6.45) is 3.96. The molecule has 8 nitrogen and oxygen atoms in total. The van der Waals surface area contributed by atoms with Crippen molar-refractivity contribution in [2.24, 2.45) is 0 Å². The van der Waals surface area contributed by atoms with Gasteiger partial charge in [-0.1, -0.05) is 38.0 Å². The van der Waals surface area contributed by atoms with Gasteiger partial charge in [-0.05, 0) is 55.7 Å². The zero-order valence-corrected chi connectivity index (χ0v) is 18.4. The lowest BCUT2D eigenvalue weighted by atomic mass is 10.0. The van der Waals surface area contributed by atoms with Gasteiger partial charge in [0.25, 0.3) is 11.8 Å². The molecule has 0 spiro atoms. The highest BCUT2D eigenvalue weighted by Gasteiger charge is 2.36. The topological polar surface area (TPSA) is 133 Å². The van der Waals surface area contributed by atoms with Crippen molar-refractivity contribution in [1.29, 1.82) is 0 Å². The Kier molecular flexibility index (Phi) is 8.32. The van der Waals surface area contributed by atoms with E-state index in [0.717, 1.165) is 38.2 Å². The van der Waals surface area contributed by atoms with E-state index in [-0.39, 0.29) is 10.8 Å². The number of unbranched alkanes of at least 4 members (excludes halogenated alkanes) is 2. The fourth-order valence-corrected chi connectivity index (χ4v) is 4.70. The highest BCUT2D eigenvalue weighted by molar-refractivity contribution is 7.91. The summed E-state index contributed by atoms with van der Waals surface area (Å²) in [5.41, 5.74) is 0.877. The molecule has 2 amide bonds. The number of hydrogen-bond donors (Lipinski definition) is 4. The van der Waals surface area contributed by atoms with Crippen LogP contribution in [-0.4, -0.2) is 41.9 Å². The summed E-state index contributed by atoms with van der Waals surface area (Å²) < 4.78 is 25.0. The third kappa shape index (κ3) is 6.61. The minimum absolute atomic E-state index is 0.128. The number of aliphatic hydroxyl groups is 1. The van der Waals surface area contributed by atoms with E-state index in [9.17, 15) is 23.1 Å². The Labute approximate surface area is 182 Å². The molecule has 31 heavy (non-hydrogen) atoms. The van der Waals surface area contributed by atoms with Crippen LogP contribution in [-0.2, 0) is 21.1 Å². The van der Waals surface area contributed by atoms with Gasteiger partial charge in [-0.3, -0.25) is 14.8 Å². The molecule has 0 heterocycles. The molecule has 2 aromatic rings. The number of sulfone groups is 1. The molecule has 2 aromatic carbocycles. The van der Waals surface area contributed by atoms with Crippen LogP contribution in [0, 0.1) is 0 Å². The molecule has 0 saturated carbocycles. The smallest absolute Gasteiger partial charge is 0.276 e.